The highest BCUT2D eigenvalue weighted by Crippen LogP contribution is 2.40. The van der Waals surface area contributed by atoms with E-state index in [9.17, 15) is 0 Å². The van der Waals surface area contributed by atoms with Crippen molar-refractivity contribution in [2.75, 3.05) is 6.54 Å². The summed E-state index contributed by atoms with van der Waals surface area (Å²) in [5.41, 5.74) is 7.25. The molecule has 0 radical (unpaired) electrons. The largest absolute Gasteiger partial charge is 0.330 e. The normalized spacial score (nSPS) is 18.0. The second kappa shape index (κ2) is 4.79. The van der Waals surface area contributed by atoms with Gasteiger partial charge in [0.05, 0.1) is 6.33 Å². The molecule has 1 heterocycles. The van der Waals surface area contributed by atoms with Gasteiger partial charge in [0.1, 0.15) is 0 Å². The van der Waals surface area contributed by atoms with Gasteiger partial charge in [-0.1, -0.05) is 19.8 Å². The molecule has 1 aromatic heterocycles. The summed E-state index contributed by atoms with van der Waals surface area (Å²) in [6.45, 7) is 2.96. The van der Waals surface area contributed by atoms with Crippen molar-refractivity contribution in [3.05, 3.63) is 18.2 Å². The van der Waals surface area contributed by atoms with E-state index in [1.54, 1.807) is 0 Å². The van der Waals surface area contributed by atoms with Crippen molar-refractivity contribution in [3.8, 4) is 0 Å². The van der Waals surface area contributed by atoms with Crippen molar-refractivity contribution in [2.45, 2.75) is 51.0 Å². The number of nitrogens with two attached hydrogens (primary N) is 1. The molecule has 1 saturated carbocycles. The van der Waals surface area contributed by atoms with E-state index in [2.05, 4.69) is 16.5 Å². The summed E-state index contributed by atoms with van der Waals surface area (Å²) in [6, 6.07) is 0.461. The zero-order valence-electron chi connectivity index (χ0n) is 9.52. The topological polar surface area (TPSA) is 43.8 Å². The number of imidazole rings is 1. The lowest BCUT2D eigenvalue weighted by atomic mass is 10.1. The third-order valence-electron chi connectivity index (χ3n) is 3.25. The molecular weight excluding hydrogens is 186 g/mol. The van der Waals surface area contributed by atoms with Crippen LogP contribution in [0.2, 0.25) is 0 Å². The zero-order chi connectivity index (χ0) is 10.7. The lowest BCUT2D eigenvalue weighted by Gasteiger charge is -2.18. The summed E-state index contributed by atoms with van der Waals surface area (Å²) in [7, 11) is 0. The van der Waals surface area contributed by atoms with Crippen molar-refractivity contribution in [3.63, 3.8) is 0 Å². The number of unbranched alkanes of at least 4 members (excludes halogenated alkanes) is 1. The summed E-state index contributed by atoms with van der Waals surface area (Å²) in [6.07, 6.45) is 10.3. The fraction of sp³-hybridized carbons (Fsp3) is 0.750. The average molecular weight is 207 g/mol. The standard InChI is InChI=1S/C12H21N3/c1-2-3-4-11(7-13)15-9-14-8-12(15)10-5-6-10/h8-11H,2-7,13H2,1H3. The zero-order valence-corrected chi connectivity index (χ0v) is 9.52. The van der Waals surface area contributed by atoms with Crippen molar-refractivity contribution in [2.24, 2.45) is 5.73 Å². The Morgan fingerprint density at radius 2 is 2.40 bits per heavy atom. The first-order valence-corrected chi connectivity index (χ1v) is 6.08. The molecule has 1 aromatic rings. The molecule has 3 heteroatoms. The quantitative estimate of drug-likeness (QED) is 0.778. The van der Waals surface area contributed by atoms with Crippen molar-refractivity contribution in [1.82, 2.24) is 9.55 Å². The van der Waals surface area contributed by atoms with Crippen molar-refractivity contribution < 1.29 is 0 Å². The van der Waals surface area contributed by atoms with Gasteiger partial charge < -0.3 is 10.3 Å². The summed E-state index contributed by atoms with van der Waals surface area (Å²) in [5.74, 6) is 0.767. The molecule has 84 valence electrons. The van der Waals surface area contributed by atoms with Gasteiger partial charge in [0.2, 0.25) is 0 Å². The van der Waals surface area contributed by atoms with Crippen LogP contribution < -0.4 is 5.73 Å². The second-order valence-corrected chi connectivity index (χ2v) is 4.53. The predicted molar refractivity (Wildman–Crippen MR) is 61.8 cm³/mol. The minimum Gasteiger partial charge on any atom is -0.330 e. The van der Waals surface area contributed by atoms with Crippen LogP contribution in [0, 0.1) is 0 Å². The minimum atomic E-state index is 0.461. The molecule has 2 N–H and O–H groups in total. The van der Waals surface area contributed by atoms with Crippen LogP contribution in [0.25, 0.3) is 0 Å². The Kier molecular flexibility index (Phi) is 3.41. The van der Waals surface area contributed by atoms with Crippen molar-refractivity contribution in [1.29, 1.82) is 0 Å². The van der Waals surface area contributed by atoms with E-state index < -0.39 is 0 Å². The first-order chi connectivity index (χ1) is 7.36. The van der Waals surface area contributed by atoms with Crippen LogP contribution in [0.15, 0.2) is 12.5 Å². The van der Waals surface area contributed by atoms with Crippen molar-refractivity contribution >= 4 is 0 Å². The van der Waals surface area contributed by atoms with Gasteiger partial charge in [0.15, 0.2) is 0 Å². The Hall–Kier alpha value is -0.830. The number of hydrogen-bond donors (Lipinski definition) is 1. The van der Waals surface area contributed by atoms with Gasteiger partial charge >= 0.3 is 0 Å². The molecule has 1 fully saturated rings. The molecule has 1 aliphatic rings. The minimum absolute atomic E-state index is 0.461. The van der Waals surface area contributed by atoms with Crippen LogP contribution in [0.5, 0.6) is 0 Å². The Bertz CT molecular complexity index is 302. The van der Waals surface area contributed by atoms with Gasteiger partial charge in [0, 0.05) is 30.4 Å². The number of hydrogen-bond acceptors (Lipinski definition) is 2. The molecule has 0 amide bonds. The molecule has 0 bridgehead atoms. The molecule has 15 heavy (non-hydrogen) atoms. The lowest BCUT2D eigenvalue weighted by molar-refractivity contribution is 0.446. The molecule has 2 rings (SSSR count). The van der Waals surface area contributed by atoms with Gasteiger partial charge in [-0.3, -0.25) is 0 Å². The van der Waals surface area contributed by atoms with Crippen LogP contribution in [0.1, 0.15) is 56.7 Å². The molecule has 0 saturated heterocycles. The lowest BCUT2D eigenvalue weighted by Crippen LogP contribution is -2.20. The molecule has 0 aliphatic heterocycles. The van der Waals surface area contributed by atoms with Crippen LogP contribution in [0.4, 0.5) is 0 Å². The highest BCUT2D eigenvalue weighted by Gasteiger charge is 2.28. The van der Waals surface area contributed by atoms with Gasteiger partial charge in [0.25, 0.3) is 0 Å². The third-order valence-corrected chi connectivity index (χ3v) is 3.25. The summed E-state index contributed by atoms with van der Waals surface area (Å²) < 4.78 is 2.31. The first kappa shape index (κ1) is 10.7. The SMILES string of the molecule is CCCCC(CN)n1cncc1C1CC1. The highest BCUT2D eigenvalue weighted by molar-refractivity contribution is 5.13. The fourth-order valence-electron chi connectivity index (χ4n) is 2.13. The van der Waals surface area contributed by atoms with E-state index in [1.807, 2.05) is 12.5 Å². The Morgan fingerprint density at radius 3 is 3.00 bits per heavy atom. The Morgan fingerprint density at radius 1 is 1.60 bits per heavy atom. The van der Waals surface area contributed by atoms with Gasteiger partial charge in [-0.25, -0.2) is 4.98 Å². The molecule has 0 aromatic carbocycles. The monoisotopic (exact) mass is 207 g/mol. The number of nitrogens with zero attached hydrogens (tertiary/aromatic N) is 2. The molecule has 0 spiro atoms. The maximum atomic E-state index is 5.85. The van der Waals surface area contributed by atoms with Gasteiger partial charge in [-0.2, -0.15) is 0 Å². The summed E-state index contributed by atoms with van der Waals surface area (Å²) in [5, 5.41) is 0. The van der Waals surface area contributed by atoms with E-state index in [0.717, 1.165) is 12.5 Å². The van der Waals surface area contributed by atoms with Crippen LogP contribution in [-0.4, -0.2) is 16.1 Å². The predicted octanol–water partition coefficient (Wildman–Crippen LogP) is 2.45. The maximum Gasteiger partial charge on any atom is 0.0951 e. The van der Waals surface area contributed by atoms with Crippen LogP contribution in [-0.2, 0) is 0 Å². The molecule has 1 aliphatic carbocycles. The van der Waals surface area contributed by atoms with Gasteiger partial charge in [-0.15, -0.1) is 0 Å². The molecular formula is C12H21N3. The summed E-state index contributed by atoms with van der Waals surface area (Å²) in [4.78, 5) is 4.27. The van der Waals surface area contributed by atoms with E-state index >= 15 is 0 Å². The smallest absolute Gasteiger partial charge is 0.0951 e. The third kappa shape index (κ3) is 2.40. The fourth-order valence-corrected chi connectivity index (χ4v) is 2.13. The maximum absolute atomic E-state index is 5.85. The first-order valence-electron chi connectivity index (χ1n) is 6.08. The summed E-state index contributed by atoms with van der Waals surface area (Å²) >= 11 is 0. The molecule has 1 atom stereocenters. The average Bonchev–Trinajstić information content (AvgIpc) is 2.99. The number of rotatable bonds is 6. The van der Waals surface area contributed by atoms with Crippen LogP contribution >= 0.6 is 0 Å². The van der Waals surface area contributed by atoms with Crippen LogP contribution in [0.3, 0.4) is 0 Å². The van der Waals surface area contributed by atoms with E-state index in [1.165, 1.54) is 37.8 Å². The molecule has 3 nitrogen and oxygen atoms in total. The van der Waals surface area contributed by atoms with E-state index in [4.69, 9.17) is 5.73 Å². The highest BCUT2D eigenvalue weighted by atomic mass is 15.1. The van der Waals surface area contributed by atoms with E-state index in [0.29, 0.717) is 6.04 Å². The van der Waals surface area contributed by atoms with Gasteiger partial charge in [-0.05, 0) is 19.3 Å². The van der Waals surface area contributed by atoms with E-state index in [-0.39, 0.29) is 0 Å². The second-order valence-electron chi connectivity index (χ2n) is 4.53. The Balaban J connectivity index is 2.07. The number of aromatic nitrogens is 2. The Labute approximate surface area is 91.7 Å². The molecule has 1 unspecified atom stereocenters.